The van der Waals surface area contributed by atoms with Gasteiger partial charge in [0.05, 0.1) is 44.0 Å². The highest BCUT2D eigenvalue weighted by molar-refractivity contribution is 5.96. The number of fused-ring (bicyclic) bond motifs is 1. The van der Waals surface area contributed by atoms with Crippen LogP contribution in [0.5, 0.6) is 17.2 Å². The van der Waals surface area contributed by atoms with Crippen LogP contribution in [0.3, 0.4) is 0 Å². The summed E-state index contributed by atoms with van der Waals surface area (Å²) in [6, 6.07) is 10.7. The van der Waals surface area contributed by atoms with Crippen LogP contribution < -0.4 is 25.1 Å². The fourth-order valence-corrected chi connectivity index (χ4v) is 4.62. The van der Waals surface area contributed by atoms with Gasteiger partial charge in [0.2, 0.25) is 5.75 Å². The van der Waals surface area contributed by atoms with Gasteiger partial charge in [-0.15, -0.1) is 0 Å². The molecule has 37 heavy (non-hydrogen) atoms. The van der Waals surface area contributed by atoms with E-state index in [1.165, 1.54) is 17.5 Å². The fourth-order valence-electron chi connectivity index (χ4n) is 4.62. The molecule has 0 aliphatic carbocycles. The number of hydrogen-bond donors (Lipinski definition) is 1. The molecule has 4 rings (SSSR count). The van der Waals surface area contributed by atoms with Gasteiger partial charge in [-0.1, -0.05) is 18.2 Å². The van der Waals surface area contributed by atoms with E-state index < -0.39 is 0 Å². The number of rotatable bonds is 12. The van der Waals surface area contributed by atoms with E-state index in [0.717, 1.165) is 25.0 Å². The van der Waals surface area contributed by atoms with Crippen molar-refractivity contribution < 1.29 is 19.0 Å². The number of nitrogens with one attached hydrogen (secondary N) is 1. The number of carbonyl (C=O) groups is 1. The van der Waals surface area contributed by atoms with Crippen molar-refractivity contribution in [1.82, 2.24) is 20.0 Å². The highest BCUT2D eigenvalue weighted by atomic mass is 16.5. The lowest BCUT2D eigenvalue weighted by Gasteiger charge is -2.17. The molecule has 1 N–H and O–H groups in total. The average molecular weight is 509 g/mol. The molecule has 0 spiro atoms. The summed E-state index contributed by atoms with van der Waals surface area (Å²) >= 11 is 0. The van der Waals surface area contributed by atoms with E-state index in [1.54, 1.807) is 12.1 Å². The maximum atomic E-state index is 13.2. The fraction of sp³-hybridized carbons (Fsp3) is 0.464. The first-order chi connectivity index (χ1) is 18.0. The number of ether oxygens (including phenoxy) is 3. The summed E-state index contributed by atoms with van der Waals surface area (Å²) in [4.78, 5) is 28.7. The van der Waals surface area contributed by atoms with Crippen LogP contribution in [0.25, 0.3) is 10.8 Å². The Morgan fingerprint density at radius 1 is 0.919 bits per heavy atom. The summed E-state index contributed by atoms with van der Waals surface area (Å²) in [5.74, 6) is 1.10. The Balaban J connectivity index is 1.59. The van der Waals surface area contributed by atoms with Gasteiger partial charge in [0.1, 0.15) is 0 Å². The lowest BCUT2D eigenvalue weighted by atomic mass is 10.1. The van der Waals surface area contributed by atoms with Crippen LogP contribution in [0, 0.1) is 0 Å². The molecule has 1 amide bonds. The normalized spacial score (nSPS) is 13.6. The van der Waals surface area contributed by atoms with Crippen molar-refractivity contribution in [2.24, 2.45) is 0 Å². The van der Waals surface area contributed by atoms with Crippen LogP contribution in [0.15, 0.2) is 41.2 Å². The molecule has 0 unspecified atom stereocenters. The van der Waals surface area contributed by atoms with Gasteiger partial charge in [-0.05, 0) is 64.9 Å². The second-order valence-corrected chi connectivity index (χ2v) is 8.85. The quantitative estimate of drug-likeness (QED) is 0.399. The van der Waals surface area contributed by atoms with Crippen LogP contribution >= 0.6 is 0 Å². The molecule has 198 valence electrons. The maximum absolute atomic E-state index is 13.2. The topological polar surface area (TPSA) is 94.9 Å². The molecule has 0 radical (unpaired) electrons. The van der Waals surface area contributed by atoms with E-state index in [2.05, 4.69) is 15.3 Å². The van der Waals surface area contributed by atoms with Gasteiger partial charge in [0.15, 0.2) is 11.5 Å². The first-order valence-electron chi connectivity index (χ1n) is 13.1. The molecule has 1 fully saturated rings. The molecule has 2 aromatic carbocycles. The molecule has 0 bridgehead atoms. The molecule has 9 heteroatoms. The van der Waals surface area contributed by atoms with E-state index in [1.807, 2.05) is 45.0 Å². The Morgan fingerprint density at radius 3 is 2.16 bits per heavy atom. The molecule has 0 saturated carbocycles. The zero-order valence-corrected chi connectivity index (χ0v) is 21.9. The van der Waals surface area contributed by atoms with Crippen molar-refractivity contribution in [3.05, 3.63) is 58.0 Å². The summed E-state index contributed by atoms with van der Waals surface area (Å²) in [5.41, 5.74) is 0.923. The molecule has 1 aromatic heterocycles. The lowest BCUT2D eigenvalue weighted by molar-refractivity contribution is 0.0949. The molecule has 1 aliphatic rings. The van der Waals surface area contributed by atoms with Crippen LogP contribution in [0.1, 0.15) is 49.7 Å². The summed E-state index contributed by atoms with van der Waals surface area (Å²) in [6.45, 7) is 10.5. The third kappa shape index (κ3) is 6.22. The highest BCUT2D eigenvalue weighted by Crippen LogP contribution is 2.39. The SMILES string of the molecule is CCOc1cc(C(=O)NCc2nn(CCN3CCCC3)c(=O)c3ccccc23)cc(OCC)c1OCC. The third-order valence-electron chi connectivity index (χ3n) is 6.36. The second-order valence-electron chi connectivity index (χ2n) is 8.85. The van der Waals surface area contributed by atoms with Crippen LogP contribution in [-0.4, -0.2) is 60.0 Å². The summed E-state index contributed by atoms with van der Waals surface area (Å²) < 4.78 is 18.8. The minimum Gasteiger partial charge on any atom is -0.490 e. The van der Waals surface area contributed by atoms with Crippen molar-refractivity contribution in [3.63, 3.8) is 0 Å². The van der Waals surface area contributed by atoms with E-state index in [4.69, 9.17) is 14.2 Å². The third-order valence-corrected chi connectivity index (χ3v) is 6.36. The Kier molecular flexibility index (Phi) is 9.00. The Bertz CT molecular complexity index is 1260. The number of hydrogen-bond acceptors (Lipinski definition) is 7. The van der Waals surface area contributed by atoms with Gasteiger partial charge < -0.3 is 24.4 Å². The predicted molar refractivity (Wildman–Crippen MR) is 143 cm³/mol. The first kappa shape index (κ1) is 26.5. The highest BCUT2D eigenvalue weighted by Gasteiger charge is 2.19. The van der Waals surface area contributed by atoms with Crippen molar-refractivity contribution in [3.8, 4) is 17.2 Å². The van der Waals surface area contributed by atoms with E-state index >= 15 is 0 Å². The van der Waals surface area contributed by atoms with Crippen molar-refractivity contribution in [1.29, 1.82) is 0 Å². The second kappa shape index (κ2) is 12.6. The van der Waals surface area contributed by atoms with Gasteiger partial charge in [-0.25, -0.2) is 4.68 Å². The van der Waals surface area contributed by atoms with Crippen molar-refractivity contribution in [2.75, 3.05) is 39.5 Å². The molecular weight excluding hydrogens is 472 g/mol. The number of benzene rings is 2. The molecule has 2 heterocycles. The minimum atomic E-state index is -0.300. The van der Waals surface area contributed by atoms with E-state index in [0.29, 0.717) is 60.3 Å². The molecule has 1 saturated heterocycles. The predicted octanol–water partition coefficient (Wildman–Crippen LogP) is 3.62. The standard InChI is InChI=1S/C28H36N4O5/c1-4-35-24-17-20(18-25(36-5-2)26(24)37-6-3)27(33)29-19-23-21-11-7-8-12-22(21)28(34)32(30-23)16-15-31-13-9-10-14-31/h7-8,11-12,17-18H,4-6,9-10,13-16,19H2,1-3H3,(H,29,33). The minimum absolute atomic E-state index is 0.112. The molecule has 3 aromatic rings. The maximum Gasteiger partial charge on any atom is 0.274 e. The van der Waals surface area contributed by atoms with Crippen LogP contribution in [0.4, 0.5) is 0 Å². The van der Waals surface area contributed by atoms with Gasteiger partial charge in [0.25, 0.3) is 11.5 Å². The zero-order chi connectivity index (χ0) is 26.2. The van der Waals surface area contributed by atoms with Gasteiger partial charge in [-0.2, -0.15) is 5.10 Å². The zero-order valence-electron chi connectivity index (χ0n) is 21.9. The number of nitrogens with zero attached hydrogens (tertiary/aromatic N) is 3. The molecule has 9 nitrogen and oxygen atoms in total. The summed E-state index contributed by atoms with van der Waals surface area (Å²) in [6.07, 6.45) is 2.39. The molecular formula is C28H36N4O5. The molecule has 1 aliphatic heterocycles. The average Bonchev–Trinajstić information content (AvgIpc) is 3.43. The number of likely N-dealkylation sites (tertiary alicyclic amines) is 1. The smallest absolute Gasteiger partial charge is 0.274 e. The lowest BCUT2D eigenvalue weighted by Crippen LogP contribution is -2.32. The number of amides is 1. The van der Waals surface area contributed by atoms with Crippen molar-refractivity contribution in [2.45, 2.75) is 46.7 Å². The number of aromatic nitrogens is 2. The Labute approximate surface area is 217 Å². The van der Waals surface area contributed by atoms with Crippen LogP contribution in [-0.2, 0) is 13.1 Å². The first-order valence-corrected chi connectivity index (χ1v) is 13.1. The van der Waals surface area contributed by atoms with Gasteiger partial charge in [-0.3, -0.25) is 9.59 Å². The largest absolute Gasteiger partial charge is 0.490 e. The monoisotopic (exact) mass is 508 g/mol. The Morgan fingerprint density at radius 2 is 1.54 bits per heavy atom. The summed E-state index contributed by atoms with van der Waals surface area (Å²) in [5, 5.41) is 8.95. The van der Waals surface area contributed by atoms with Crippen LogP contribution in [0.2, 0.25) is 0 Å². The van der Waals surface area contributed by atoms with Gasteiger partial charge >= 0.3 is 0 Å². The van der Waals surface area contributed by atoms with E-state index in [9.17, 15) is 9.59 Å². The number of carbonyl (C=O) groups excluding carboxylic acids is 1. The van der Waals surface area contributed by atoms with Crippen molar-refractivity contribution >= 4 is 16.7 Å². The summed E-state index contributed by atoms with van der Waals surface area (Å²) in [7, 11) is 0. The molecule has 0 atom stereocenters. The van der Waals surface area contributed by atoms with E-state index in [-0.39, 0.29) is 18.0 Å². The Hall–Kier alpha value is -3.59. The van der Waals surface area contributed by atoms with Gasteiger partial charge in [0, 0.05) is 17.5 Å².